The lowest BCUT2D eigenvalue weighted by atomic mass is 10.1. The third-order valence-corrected chi connectivity index (χ3v) is 4.62. The number of methoxy groups -OCH3 is 2. The number of allylic oxidation sites excluding steroid dienone is 1. The smallest absolute Gasteiger partial charge is 0.273 e. The molecule has 0 atom stereocenters. The average Bonchev–Trinajstić information content (AvgIpc) is 2.81. The van der Waals surface area contributed by atoms with E-state index in [-0.39, 0.29) is 29.6 Å². The molecule has 0 bridgehead atoms. The minimum absolute atomic E-state index is 0.0448. The Balaban J connectivity index is 1.76. The van der Waals surface area contributed by atoms with Crippen LogP contribution in [-0.2, 0) is 6.61 Å². The van der Waals surface area contributed by atoms with Gasteiger partial charge in [0.2, 0.25) is 0 Å². The highest BCUT2D eigenvalue weighted by molar-refractivity contribution is 6.07. The molecule has 0 aliphatic rings. The van der Waals surface area contributed by atoms with Crippen molar-refractivity contribution in [2.75, 3.05) is 14.2 Å². The van der Waals surface area contributed by atoms with E-state index < -0.39 is 4.92 Å². The molecule has 0 radical (unpaired) electrons. The topological polar surface area (TPSA) is 108 Å². The summed E-state index contributed by atoms with van der Waals surface area (Å²) in [5.41, 5.74) is 1.76. The van der Waals surface area contributed by atoms with E-state index in [1.54, 1.807) is 36.4 Å². The van der Waals surface area contributed by atoms with E-state index >= 15 is 0 Å². The highest BCUT2D eigenvalue weighted by Crippen LogP contribution is 2.27. The van der Waals surface area contributed by atoms with Crippen LogP contribution in [0, 0.1) is 10.1 Å². The molecule has 8 nitrogen and oxygen atoms in total. The molecule has 0 aliphatic carbocycles. The number of aromatic hydroxyl groups is 1. The highest BCUT2D eigenvalue weighted by atomic mass is 16.6. The van der Waals surface area contributed by atoms with Crippen LogP contribution in [0.3, 0.4) is 0 Å². The molecular weight excluding hydrogens is 414 g/mol. The summed E-state index contributed by atoms with van der Waals surface area (Å²) < 4.78 is 16.1. The molecule has 32 heavy (non-hydrogen) atoms. The Morgan fingerprint density at radius 1 is 1.03 bits per heavy atom. The molecule has 3 aromatic rings. The number of nitrogens with zero attached hydrogens (tertiary/aromatic N) is 1. The van der Waals surface area contributed by atoms with Crippen LogP contribution >= 0.6 is 0 Å². The molecule has 0 heterocycles. The lowest BCUT2D eigenvalue weighted by molar-refractivity contribution is -0.384. The van der Waals surface area contributed by atoms with E-state index in [2.05, 4.69) is 0 Å². The Kier molecular flexibility index (Phi) is 7.07. The Labute approximate surface area is 184 Å². The predicted molar refractivity (Wildman–Crippen MR) is 118 cm³/mol. The van der Waals surface area contributed by atoms with Crippen molar-refractivity contribution >= 4 is 17.5 Å². The zero-order chi connectivity index (χ0) is 23.1. The maximum Gasteiger partial charge on any atom is 0.273 e. The Hall–Kier alpha value is -4.33. The lowest BCUT2D eigenvalue weighted by Crippen LogP contribution is -2.00. The number of phenolic OH excluding ortho intramolecular Hbond substituents is 1. The van der Waals surface area contributed by atoms with Crippen molar-refractivity contribution in [1.29, 1.82) is 0 Å². The molecule has 0 fully saturated rings. The fourth-order valence-electron chi connectivity index (χ4n) is 2.96. The number of nitro benzene ring substituents is 1. The minimum Gasteiger partial charge on any atom is -0.504 e. The Bertz CT molecular complexity index is 1170. The summed E-state index contributed by atoms with van der Waals surface area (Å²) in [6.07, 6.45) is 3.07. The van der Waals surface area contributed by atoms with E-state index in [4.69, 9.17) is 14.2 Å². The fraction of sp³-hybridized carbons (Fsp3) is 0.125. The van der Waals surface area contributed by atoms with E-state index in [0.717, 1.165) is 5.56 Å². The van der Waals surface area contributed by atoms with Gasteiger partial charge in [-0.15, -0.1) is 0 Å². The molecule has 0 aromatic heterocycles. The fourth-order valence-corrected chi connectivity index (χ4v) is 2.96. The summed E-state index contributed by atoms with van der Waals surface area (Å²) >= 11 is 0. The first-order valence-corrected chi connectivity index (χ1v) is 9.55. The molecule has 0 saturated carbocycles. The summed E-state index contributed by atoms with van der Waals surface area (Å²) in [5.74, 6) is 0.861. The third kappa shape index (κ3) is 5.42. The van der Waals surface area contributed by atoms with Gasteiger partial charge in [0.05, 0.1) is 25.2 Å². The van der Waals surface area contributed by atoms with Crippen molar-refractivity contribution in [1.82, 2.24) is 0 Å². The molecule has 0 unspecified atom stereocenters. The van der Waals surface area contributed by atoms with Gasteiger partial charge in [0, 0.05) is 17.2 Å². The summed E-state index contributed by atoms with van der Waals surface area (Å²) in [6, 6.07) is 15.6. The van der Waals surface area contributed by atoms with Crippen LogP contribution in [0.5, 0.6) is 23.0 Å². The van der Waals surface area contributed by atoms with Crippen molar-refractivity contribution in [3.8, 4) is 23.0 Å². The van der Waals surface area contributed by atoms with Crippen LogP contribution in [0.15, 0.2) is 66.7 Å². The minimum atomic E-state index is -0.487. The maximum atomic E-state index is 12.5. The van der Waals surface area contributed by atoms with Gasteiger partial charge in [-0.1, -0.05) is 18.2 Å². The van der Waals surface area contributed by atoms with Crippen LogP contribution in [-0.4, -0.2) is 30.0 Å². The van der Waals surface area contributed by atoms with Gasteiger partial charge >= 0.3 is 0 Å². The zero-order valence-electron chi connectivity index (χ0n) is 17.5. The number of benzene rings is 3. The second-order valence-electron chi connectivity index (χ2n) is 6.70. The molecule has 0 spiro atoms. The number of rotatable bonds is 9. The molecule has 1 N–H and O–H groups in total. The largest absolute Gasteiger partial charge is 0.504 e. The van der Waals surface area contributed by atoms with Gasteiger partial charge in [0.1, 0.15) is 18.1 Å². The SMILES string of the molecule is COc1cc(C(=O)/C=C/c2ccc(OC)c(COc3cccc([N+](=O)[O-])c3)c2)ccc1O. The summed E-state index contributed by atoms with van der Waals surface area (Å²) in [4.78, 5) is 22.9. The first kappa shape index (κ1) is 22.4. The van der Waals surface area contributed by atoms with Gasteiger partial charge in [0.15, 0.2) is 17.3 Å². The maximum absolute atomic E-state index is 12.5. The van der Waals surface area contributed by atoms with Crippen molar-refractivity contribution in [2.45, 2.75) is 6.61 Å². The molecule has 0 aliphatic heterocycles. The van der Waals surface area contributed by atoms with Gasteiger partial charge in [-0.25, -0.2) is 0 Å². The van der Waals surface area contributed by atoms with Gasteiger partial charge in [-0.3, -0.25) is 14.9 Å². The Morgan fingerprint density at radius 3 is 2.53 bits per heavy atom. The normalized spacial score (nSPS) is 10.7. The third-order valence-electron chi connectivity index (χ3n) is 4.62. The van der Waals surface area contributed by atoms with Gasteiger partial charge in [-0.2, -0.15) is 0 Å². The highest BCUT2D eigenvalue weighted by Gasteiger charge is 2.10. The lowest BCUT2D eigenvalue weighted by Gasteiger charge is -2.11. The molecule has 8 heteroatoms. The van der Waals surface area contributed by atoms with Gasteiger partial charge < -0.3 is 19.3 Å². The van der Waals surface area contributed by atoms with Crippen molar-refractivity contribution in [3.05, 3.63) is 93.5 Å². The van der Waals surface area contributed by atoms with Gasteiger partial charge in [-0.05, 0) is 48.0 Å². The second kappa shape index (κ2) is 10.1. The molecule has 0 saturated heterocycles. The summed E-state index contributed by atoms with van der Waals surface area (Å²) in [5, 5.41) is 20.6. The number of ketones is 1. The number of ether oxygens (including phenoxy) is 3. The first-order valence-electron chi connectivity index (χ1n) is 9.55. The van der Waals surface area contributed by atoms with Gasteiger partial charge in [0.25, 0.3) is 5.69 Å². The van der Waals surface area contributed by atoms with Crippen LogP contribution in [0.2, 0.25) is 0 Å². The van der Waals surface area contributed by atoms with E-state index in [1.165, 1.54) is 50.6 Å². The number of non-ortho nitro benzene ring substituents is 1. The van der Waals surface area contributed by atoms with Crippen molar-refractivity contribution < 1.29 is 29.0 Å². The number of nitro groups is 1. The van der Waals surface area contributed by atoms with Crippen molar-refractivity contribution in [3.63, 3.8) is 0 Å². The molecule has 0 amide bonds. The monoisotopic (exact) mass is 435 g/mol. The second-order valence-corrected chi connectivity index (χ2v) is 6.70. The van der Waals surface area contributed by atoms with Crippen LogP contribution in [0.4, 0.5) is 5.69 Å². The number of hydrogen-bond donors (Lipinski definition) is 1. The quantitative estimate of drug-likeness (QED) is 0.223. The van der Waals surface area contributed by atoms with Crippen LogP contribution < -0.4 is 14.2 Å². The standard InChI is InChI=1S/C24H21NO7/c1-30-23-11-7-16(6-9-21(26)17-8-10-22(27)24(13-17)31-2)12-18(23)15-32-20-5-3-4-19(14-20)25(28)29/h3-14,27H,15H2,1-2H3/b9-6+. The van der Waals surface area contributed by atoms with E-state index in [0.29, 0.717) is 22.6 Å². The zero-order valence-corrected chi connectivity index (χ0v) is 17.5. The predicted octanol–water partition coefficient (Wildman–Crippen LogP) is 4.79. The number of carbonyl (C=O) groups is 1. The number of carbonyl (C=O) groups excluding carboxylic acids is 1. The van der Waals surface area contributed by atoms with Crippen LogP contribution in [0.1, 0.15) is 21.5 Å². The Morgan fingerprint density at radius 2 is 1.81 bits per heavy atom. The number of phenols is 1. The number of hydrogen-bond acceptors (Lipinski definition) is 7. The molecule has 164 valence electrons. The van der Waals surface area contributed by atoms with Crippen LogP contribution in [0.25, 0.3) is 6.08 Å². The van der Waals surface area contributed by atoms with E-state index in [1.807, 2.05) is 0 Å². The molecule has 3 rings (SSSR count). The van der Waals surface area contributed by atoms with E-state index in [9.17, 15) is 20.0 Å². The summed E-state index contributed by atoms with van der Waals surface area (Å²) in [7, 11) is 2.94. The van der Waals surface area contributed by atoms with Crippen molar-refractivity contribution in [2.24, 2.45) is 0 Å². The average molecular weight is 435 g/mol. The first-order chi connectivity index (χ1) is 15.4. The summed E-state index contributed by atoms with van der Waals surface area (Å²) in [6.45, 7) is 0.120. The molecule has 3 aromatic carbocycles. The molecular formula is C24H21NO7.